The number of esters is 2. The summed E-state index contributed by atoms with van der Waals surface area (Å²) in [5.41, 5.74) is 0.0203. The van der Waals surface area contributed by atoms with E-state index in [0.29, 0.717) is 28.3 Å². The second-order valence-corrected chi connectivity index (χ2v) is 8.89. The van der Waals surface area contributed by atoms with Gasteiger partial charge in [-0.25, -0.2) is 4.79 Å². The topological polar surface area (TPSA) is 81.7 Å². The lowest BCUT2D eigenvalue weighted by Gasteiger charge is -2.55. The number of carbonyl (C=O) groups excluding carboxylic acids is 3. The molecule has 5 rings (SSSR count). The number of methoxy groups -OCH3 is 1. The minimum atomic E-state index is -0.499. The zero-order valence-corrected chi connectivity index (χ0v) is 15.6. The van der Waals surface area contributed by atoms with Gasteiger partial charge in [0.15, 0.2) is 6.61 Å². The SMILES string of the molecule is COC(=O)c1sccc1NC(=O)COC(=O)C12CC3CC(CC(C3)C1)C2. The number of hydrogen-bond donors (Lipinski definition) is 1. The molecule has 4 saturated carbocycles. The van der Waals surface area contributed by atoms with E-state index in [2.05, 4.69) is 10.1 Å². The van der Waals surface area contributed by atoms with Crippen LogP contribution in [-0.2, 0) is 19.1 Å². The van der Waals surface area contributed by atoms with Gasteiger partial charge >= 0.3 is 11.9 Å². The molecular formula is C19H23NO5S. The fourth-order valence-electron chi connectivity index (χ4n) is 5.49. The van der Waals surface area contributed by atoms with Gasteiger partial charge in [-0.1, -0.05) is 0 Å². The van der Waals surface area contributed by atoms with Crippen molar-refractivity contribution in [3.8, 4) is 0 Å². The highest BCUT2D eigenvalue weighted by Gasteiger charge is 2.55. The van der Waals surface area contributed by atoms with E-state index in [4.69, 9.17) is 4.74 Å². The largest absolute Gasteiger partial charge is 0.465 e. The number of rotatable bonds is 5. The molecule has 1 heterocycles. The number of ether oxygens (including phenoxy) is 2. The van der Waals surface area contributed by atoms with Gasteiger partial charge in [-0.3, -0.25) is 9.59 Å². The maximum atomic E-state index is 12.8. The lowest BCUT2D eigenvalue weighted by molar-refractivity contribution is -0.172. The predicted octanol–water partition coefficient (Wildman–Crippen LogP) is 3.23. The normalized spacial score (nSPS) is 31.5. The van der Waals surface area contributed by atoms with Gasteiger partial charge in [-0.05, 0) is 67.7 Å². The molecule has 1 aromatic heterocycles. The lowest BCUT2D eigenvalue weighted by atomic mass is 9.49. The number of nitrogens with one attached hydrogen (secondary N) is 1. The van der Waals surface area contributed by atoms with Crippen LogP contribution in [0.4, 0.5) is 5.69 Å². The Morgan fingerprint density at radius 3 is 2.35 bits per heavy atom. The summed E-state index contributed by atoms with van der Waals surface area (Å²) in [6.07, 6.45) is 6.49. The average molecular weight is 377 g/mol. The average Bonchev–Trinajstić information content (AvgIpc) is 3.05. The predicted molar refractivity (Wildman–Crippen MR) is 95.9 cm³/mol. The number of hydrogen-bond acceptors (Lipinski definition) is 6. The second kappa shape index (κ2) is 6.68. The van der Waals surface area contributed by atoms with Gasteiger partial charge in [0.2, 0.25) is 0 Å². The molecule has 0 atom stereocenters. The van der Waals surface area contributed by atoms with Crippen LogP contribution in [0, 0.1) is 23.2 Å². The maximum absolute atomic E-state index is 12.8. The number of anilines is 1. The second-order valence-electron chi connectivity index (χ2n) is 7.98. The highest BCUT2D eigenvalue weighted by molar-refractivity contribution is 7.12. The summed E-state index contributed by atoms with van der Waals surface area (Å²) in [5.74, 6) is 0.792. The number of amides is 1. The van der Waals surface area contributed by atoms with Crippen LogP contribution in [0.15, 0.2) is 11.4 Å². The van der Waals surface area contributed by atoms with Crippen molar-refractivity contribution in [3.63, 3.8) is 0 Å². The number of carbonyl (C=O) groups is 3. The van der Waals surface area contributed by atoms with Crippen molar-refractivity contribution in [3.05, 3.63) is 16.3 Å². The molecule has 1 amide bonds. The Hall–Kier alpha value is -1.89. The standard InChI is InChI=1S/C19H23NO5S/c1-24-17(22)16-14(2-3-26-16)20-15(21)10-25-18(23)19-7-11-4-12(8-19)6-13(5-11)9-19/h2-3,11-13H,4-10H2,1H3,(H,20,21). The van der Waals surface area contributed by atoms with Crippen molar-refractivity contribution in [2.45, 2.75) is 38.5 Å². The fourth-order valence-corrected chi connectivity index (χ4v) is 6.26. The zero-order valence-electron chi connectivity index (χ0n) is 14.8. The fraction of sp³-hybridized carbons (Fsp3) is 0.632. The van der Waals surface area contributed by atoms with Gasteiger partial charge in [-0.15, -0.1) is 11.3 Å². The van der Waals surface area contributed by atoms with E-state index in [1.807, 2.05) is 0 Å². The third-order valence-electron chi connectivity index (χ3n) is 6.12. The van der Waals surface area contributed by atoms with E-state index >= 15 is 0 Å². The molecule has 0 aromatic carbocycles. The van der Waals surface area contributed by atoms with Crippen molar-refractivity contribution < 1.29 is 23.9 Å². The van der Waals surface area contributed by atoms with E-state index in [9.17, 15) is 14.4 Å². The number of thiophene rings is 1. The molecule has 0 radical (unpaired) electrons. The molecule has 0 unspecified atom stereocenters. The van der Waals surface area contributed by atoms with Crippen LogP contribution in [-0.4, -0.2) is 31.6 Å². The summed E-state index contributed by atoms with van der Waals surface area (Å²) in [6.45, 7) is -0.322. The molecule has 4 bridgehead atoms. The van der Waals surface area contributed by atoms with Crippen molar-refractivity contribution >= 4 is 34.9 Å². The first kappa shape index (κ1) is 17.5. The molecule has 4 fully saturated rings. The first-order valence-corrected chi connectivity index (χ1v) is 10.00. The summed E-state index contributed by atoms with van der Waals surface area (Å²) in [6, 6.07) is 1.63. The minimum absolute atomic E-state index is 0.217. The molecule has 0 spiro atoms. The first-order chi connectivity index (χ1) is 12.5. The van der Waals surface area contributed by atoms with E-state index in [1.165, 1.54) is 37.7 Å². The highest BCUT2D eigenvalue weighted by atomic mass is 32.1. The molecule has 26 heavy (non-hydrogen) atoms. The van der Waals surface area contributed by atoms with Gasteiger partial charge < -0.3 is 14.8 Å². The Bertz CT molecular complexity index is 705. The molecule has 140 valence electrons. The molecule has 0 aliphatic heterocycles. The van der Waals surface area contributed by atoms with Crippen LogP contribution in [0.5, 0.6) is 0 Å². The third-order valence-corrected chi connectivity index (χ3v) is 7.01. The van der Waals surface area contributed by atoms with Crippen molar-refractivity contribution in [2.24, 2.45) is 23.2 Å². The van der Waals surface area contributed by atoms with E-state index in [0.717, 1.165) is 19.3 Å². The Kier molecular flexibility index (Phi) is 4.50. The molecule has 7 heteroatoms. The molecule has 0 saturated heterocycles. The van der Waals surface area contributed by atoms with E-state index in [1.54, 1.807) is 11.4 Å². The Morgan fingerprint density at radius 2 is 1.77 bits per heavy atom. The summed E-state index contributed by atoms with van der Waals surface area (Å²) in [5, 5.41) is 4.33. The van der Waals surface area contributed by atoms with Crippen molar-refractivity contribution in [2.75, 3.05) is 19.0 Å². The molecular weight excluding hydrogens is 354 g/mol. The Morgan fingerprint density at radius 1 is 1.15 bits per heavy atom. The smallest absolute Gasteiger partial charge is 0.350 e. The summed E-state index contributed by atoms with van der Waals surface area (Å²) in [7, 11) is 1.29. The van der Waals surface area contributed by atoms with Crippen LogP contribution < -0.4 is 5.32 Å². The highest BCUT2D eigenvalue weighted by Crippen LogP contribution is 2.60. The molecule has 4 aliphatic rings. The van der Waals surface area contributed by atoms with E-state index < -0.39 is 11.9 Å². The quantitative estimate of drug-likeness (QED) is 0.797. The van der Waals surface area contributed by atoms with Gasteiger partial charge in [0.1, 0.15) is 4.88 Å². The Labute approximate surface area is 156 Å². The summed E-state index contributed by atoms with van der Waals surface area (Å²) >= 11 is 1.19. The van der Waals surface area contributed by atoms with Gasteiger partial charge in [0.25, 0.3) is 5.91 Å². The van der Waals surface area contributed by atoms with Crippen molar-refractivity contribution in [1.82, 2.24) is 0 Å². The lowest BCUT2D eigenvalue weighted by Crippen LogP contribution is -2.50. The zero-order chi connectivity index (χ0) is 18.3. The molecule has 1 N–H and O–H groups in total. The maximum Gasteiger partial charge on any atom is 0.350 e. The molecule has 1 aromatic rings. The third kappa shape index (κ3) is 3.13. The van der Waals surface area contributed by atoms with Crippen LogP contribution in [0.2, 0.25) is 0 Å². The van der Waals surface area contributed by atoms with Gasteiger partial charge in [0, 0.05) is 0 Å². The van der Waals surface area contributed by atoms with Crippen LogP contribution in [0.25, 0.3) is 0 Å². The first-order valence-electron chi connectivity index (χ1n) is 9.12. The molecule has 4 aliphatic carbocycles. The summed E-state index contributed by atoms with van der Waals surface area (Å²) in [4.78, 5) is 36.9. The molecule has 6 nitrogen and oxygen atoms in total. The van der Waals surface area contributed by atoms with Crippen LogP contribution >= 0.6 is 11.3 Å². The van der Waals surface area contributed by atoms with Crippen LogP contribution in [0.1, 0.15) is 48.2 Å². The minimum Gasteiger partial charge on any atom is -0.465 e. The van der Waals surface area contributed by atoms with Crippen LogP contribution in [0.3, 0.4) is 0 Å². The van der Waals surface area contributed by atoms with E-state index in [-0.39, 0.29) is 18.0 Å². The summed E-state index contributed by atoms with van der Waals surface area (Å²) < 4.78 is 10.1. The van der Waals surface area contributed by atoms with Gasteiger partial charge in [-0.2, -0.15) is 0 Å². The van der Waals surface area contributed by atoms with Gasteiger partial charge in [0.05, 0.1) is 18.2 Å². The van der Waals surface area contributed by atoms with Crippen molar-refractivity contribution in [1.29, 1.82) is 0 Å². The monoisotopic (exact) mass is 377 g/mol. The Balaban J connectivity index is 1.34.